The van der Waals surface area contributed by atoms with E-state index in [0.29, 0.717) is 5.69 Å². The number of aromatic nitrogens is 2. The van der Waals surface area contributed by atoms with Gasteiger partial charge in [0, 0.05) is 22.6 Å². The molecule has 0 aliphatic rings. The molecule has 0 unspecified atom stereocenters. The van der Waals surface area contributed by atoms with Crippen molar-refractivity contribution < 1.29 is 4.79 Å². The van der Waals surface area contributed by atoms with E-state index >= 15 is 0 Å². The van der Waals surface area contributed by atoms with Crippen LogP contribution in [-0.4, -0.2) is 28.0 Å². The van der Waals surface area contributed by atoms with Crippen LogP contribution in [0.25, 0.3) is 11.3 Å². The van der Waals surface area contributed by atoms with E-state index in [-0.39, 0.29) is 24.1 Å². The number of nitrogens with zero attached hydrogens (tertiary/aromatic N) is 2. The molecule has 1 N–H and O–H groups in total. The number of rotatable bonds is 9. The zero-order valence-corrected chi connectivity index (χ0v) is 18.2. The Morgan fingerprint density at radius 3 is 2.50 bits per heavy atom. The van der Waals surface area contributed by atoms with Crippen molar-refractivity contribution in [1.29, 1.82) is 0 Å². The van der Waals surface area contributed by atoms with Crippen LogP contribution in [0.5, 0.6) is 0 Å². The van der Waals surface area contributed by atoms with Crippen molar-refractivity contribution >= 4 is 17.7 Å². The van der Waals surface area contributed by atoms with E-state index in [0.717, 1.165) is 29.7 Å². The van der Waals surface area contributed by atoms with E-state index in [2.05, 4.69) is 22.5 Å². The lowest BCUT2D eigenvalue weighted by Crippen LogP contribution is -2.38. The van der Waals surface area contributed by atoms with Crippen molar-refractivity contribution in [1.82, 2.24) is 15.1 Å². The number of hydrogen-bond acceptors (Lipinski definition) is 4. The molecule has 3 rings (SSSR count). The monoisotopic (exact) mass is 421 g/mol. The summed E-state index contributed by atoms with van der Waals surface area (Å²) < 4.78 is 1.23. The molecule has 1 heterocycles. The first kappa shape index (κ1) is 21.8. The molecule has 0 saturated heterocycles. The molecule has 0 fully saturated rings. The SMILES string of the molecule is CSc1ccc(-c2ccc(=O)n(CC(=O)N[C@@H](C)CCCc3ccccc3)n2)cc1. The number of nitrogens with one attached hydrogen (secondary N) is 1. The second kappa shape index (κ2) is 10.8. The van der Waals surface area contributed by atoms with Crippen molar-refractivity contribution in [2.24, 2.45) is 0 Å². The highest BCUT2D eigenvalue weighted by molar-refractivity contribution is 7.98. The molecule has 6 heteroatoms. The van der Waals surface area contributed by atoms with Crippen LogP contribution in [-0.2, 0) is 17.8 Å². The van der Waals surface area contributed by atoms with Crippen LogP contribution in [0.3, 0.4) is 0 Å². The minimum Gasteiger partial charge on any atom is -0.352 e. The summed E-state index contributed by atoms with van der Waals surface area (Å²) in [7, 11) is 0. The van der Waals surface area contributed by atoms with Crippen LogP contribution in [0.1, 0.15) is 25.3 Å². The average molecular weight is 422 g/mol. The van der Waals surface area contributed by atoms with E-state index in [4.69, 9.17) is 0 Å². The summed E-state index contributed by atoms with van der Waals surface area (Å²) >= 11 is 1.67. The van der Waals surface area contributed by atoms with E-state index in [1.54, 1.807) is 17.8 Å². The smallest absolute Gasteiger partial charge is 0.267 e. The van der Waals surface area contributed by atoms with Gasteiger partial charge in [-0.05, 0) is 56.2 Å². The quantitative estimate of drug-likeness (QED) is 0.527. The molecule has 0 aliphatic carbocycles. The number of amides is 1. The molecule has 30 heavy (non-hydrogen) atoms. The Balaban J connectivity index is 1.55. The van der Waals surface area contributed by atoms with Crippen molar-refractivity contribution in [3.8, 4) is 11.3 Å². The van der Waals surface area contributed by atoms with Gasteiger partial charge in [-0.25, -0.2) is 4.68 Å². The lowest BCUT2D eigenvalue weighted by Gasteiger charge is -2.14. The third kappa shape index (κ3) is 6.32. The Morgan fingerprint density at radius 1 is 1.07 bits per heavy atom. The Kier molecular flexibility index (Phi) is 7.85. The van der Waals surface area contributed by atoms with Gasteiger partial charge in [0.1, 0.15) is 6.54 Å². The number of aryl methyl sites for hydroxylation is 1. The molecule has 156 valence electrons. The number of carbonyl (C=O) groups excluding carboxylic acids is 1. The van der Waals surface area contributed by atoms with Crippen LogP contribution in [0.15, 0.2) is 76.4 Å². The predicted molar refractivity (Wildman–Crippen MR) is 123 cm³/mol. The highest BCUT2D eigenvalue weighted by Gasteiger charge is 2.11. The minimum atomic E-state index is -0.286. The average Bonchev–Trinajstić information content (AvgIpc) is 2.76. The second-order valence-electron chi connectivity index (χ2n) is 7.29. The Labute approximate surface area is 181 Å². The van der Waals surface area contributed by atoms with Crippen LogP contribution >= 0.6 is 11.8 Å². The second-order valence-corrected chi connectivity index (χ2v) is 8.17. The lowest BCUT2D eigenvalue weighted by atomic mass is 10.1. The molecule has 1 atom stereocenters. The van der Waals surface area contributed by atoms with Gasteiger partial charge in [-0.1, -0.05) is 42.5 Å². The molecule has 2 aromatic carbocycles. The maximum absolute atomic E-state index is 12.4. The number of carbonyl (C=O) groups is 1. The highest BCUT2D eigenvalue weighted by atomic mass is 32.2. The zero-order chi connectivity index (χ0) is 21.3. The van der Waals surface area contributed by atoms with Crippen molar-refractivity contribution in [3.05, 3.63) is 82.6 Å². The van der Waals surface area contributed by atoms with Gasteiger partial charge in [0.2, 0.25) is 5.91 Å². The van der Waals surface area contributed by atoms with Crippen molar-refractivity contribution in [3.63, 3.8) is 0 Å². The molecule has 5 nitrogen and oxygen atoms in total. The number of hydrogen-bond donors (Lipinski definition) is 1. The summed E-state index contributed by atoms with van der Waals surface area (Å²) in [6.07, 6.45) is 4.88. The van der Waals surface area contributed by atoms with Gasteiger partial charge < -0.3 is 5.32 Å². The van der Waals surface area contributed by atoms with E-state index < -0.39 is 0 Å². The van der Waals surface area contributed by atoms with Gasteiger partial charge >= 0.3 is 0 Å². The Morgan fingerprint density at radius 2 is 1.80 bits per heavy atom. The Hall–Kier alpha value is -2.86. The minimum absolute atomic E-state index is 0.0409. The molecule has 0 aliphatic heterocycles. The number of thioether (sulfide) groups is 1. The van der Waals surface area contributed by atoms with Crippen molar-refractivity contribution in [2.45, 2.75) is 43.7 Å². The molecule has 0 saturated carbocycles. The predicted octanol–water partition coefficient (Wildman–Crippen LogP) is 4.16. The van der Waals surface area contributed by atoms with Crippen molar-refractivity contribution in [2.75, 3.05) is 6.26 Å². The van der Waals surface area contributed by atoms with Crippen LogP contribution < -0.4 is 10.9 Å². The summed E-state index contributed by atoms with van der Waals surface area (Å²) in [6.45, 7) is 1.90. The normalized spacial score (nSPS) is 11.8. The maximum Gasteiger partial charge on any atom is 0.267 e. The fourth-order valence-electron chi connectivity index (χ4n) is 3.26. The van der Waals surface area contributed by atoms with Gasteiger partial charge in [-0.3, -0.25) is 9.59 Å². The largest absolute Gasteiger partial charge is 0.352 e. The maximum atomic E-state index is 12.4. The first-order chi connectivity index (χ1) is 14.5. The summed E-state index contributed by atoms with van der Waals surface area (Å²) in [5.74, 6) is -0.202. The zero-order valence-electron chi connectivity index (χ0n) is 17.4. The van der Waals surface area contributed by atoms with Crippen LogP contribution in [0, 0.1) is 0 Å². The summed E-state index contributed by atoms with van der Waals surface area (Å²) in [4.78, 5) is 25.8. The molecule has 0 bridgehead atoms. The van der Waals surface area contributed by atoms with Gasteiger partial charge in [0.15, 0.2) is 0 Å². The topological polar surface area (TPSA) is 64.0 Å². The van der Waals surface area contributed by atoms with Gasteiger partial charge in [-0.15, -0.1) is 11.8 Å². The fraction of sp³-hybridized carbons (Fsp3) is 0.292. The van der Waals surface area contributed by atoms with Crippen LogP contribution in [0.2, 0.25) is 0 Å². The fourth-order valence-corrected chi connectivity index (χ4v) is 3.67. The Bertz CT molecular complexity index is 1020. The highest BCUT2D eigenvalue weighted by Crippen LogP contribution is 2.20. The molecule has 1 amide bonds. The molecule has 1 aromatic heterocycles. The molecular formula is C24H27N3O2S. The van der Waals surface area contributed by atoms with Crippen LogP contribution in [0.4, 0.5) is 0 Å². The molecule has 0 radical (unpaired) electrons. The molecule has 0 spiro atoms. The summed E-state index contributed by atoms with van der Waals surface area (Å²) in [5.41, 5.74) is 2.60. The van der Waals surface area contributed by atoms with E-state index in [1.165, 1.54) is 16.3 Å². The first-order valence-corrected chi connectivity index (χ1v) is 11.3. The molecular weight excluding hydrogens is 394 g/mol. The summed E-state index contributed by atoms with van der Waals surface area (Å²) in [6, 6.07) is 21.5. The van der Waals surface area contributed by atoms with Gasteiger partial charge in [-0.2, -0.15) is 5.10 Å². The van der Waals surface area contributed by atoms with E-state index in [1.807, 2.05) is 55.6 Å². The molecule has 3 aromatic rings. The third-order valence-electron chi connectivity index (χ3n) is 4.90. The van der Waals surface area contributed by atoms with Gasteiger partial charge in [0.05, 0.1) is 5.69 Å². The van der Waals surface area contributed by atoms with E-state index in [9.17, 15) is 9.59 Å². The first-order valence-electron chi connectivity index (χ1n) is 10.1. The standard InChI is InChI=1S/C24H27N3O2S/c1-18(7-6-10-19-8-4-3-5-9-19)25-23(28)17-27-24(29)16-15-22(26-27)20-11-13-21(30-2)14-12-20/h3-5,8-9,11-16,18H,6-7,10,17H2,1-2H3,(H,25,28)/t18-/m0/s1. The summed E-state index contributed by atoms with van der Waals surface area (Å²) in [5, 5.41) is 7.36. The lowest BCUT2D eigenvalue weighted by molar-refractivity contribution is -0.122. The third-order valence-corrected chi connectivity index (χ3v) is 5.64. The number of benzene rings is 2. The van der Waals surface area contributed by atoms with Gasteiger partial charge in [0.25, 0.3) is 5.56 Å².